The molecule has 3 aromatic rings. The molecule has 5 nitrogen and oxygen atoms in total. The maximum absolute atomic E-state index is 5.31. The molecule has 3 aromatic heterocycles. The molecule has 0 N–H and O–H groups in total. The number of rotatable bonds is 2. The Labute approximate surface area is 104 Å². The highest BCUT2D eigenvalue weighted by Crippen LogP contribution is 2.25. The molecule has 18 heavy (non-hydrogen) atoms. The normalized spacial score (nSPS) is 10.8. The molecule has 0 amide bonds. The molecule has 0 aliphatic carbocycles. The average molecular weight is 240 g/mol. The van der Waals surface area contributed by atoms with Crippen LogP contribution in [0.3, 0.4) is 0 Å². The molecule has 0 saturated carbocycles. The minimum atomic E-state index is 0.739. The highest BCUT2D eigenvalue weighted by Gasteiger charge is 2.09. The molecule has 0 radical (unpaired) electrons. The number of methoxy groups -OCH3 is 1. The molecule has 3 heterocycles. The minimum Gasteiger partial charge on any atom is -0.494 e. The number of hydrogen-bond donors (Lipinski definition) is 0. The number of fused-ring (bicyclic) bond motifs is 1. The molecule has 0 aliphatic heterocycles. The van der Waals surface area contributed by atoms with Crippen molar-refractivity contribution in [1.82, 2.24) is 19.6 Å². The van der Waals surface area contributed by atoms with Gasteiger partial charge in [-0.25, -0.2) is 14.5 Å². The van der Waals surface area contributed by atoms with Gasteiger partial charge in [0.05, 0.1) is 24.7 Å². The molecule has 0 fully saturated rings. The van der Waals surface area contributed by atoms with Crippen LogP contribution in [0.15, 0.2) is 36.7 Å². The standard InChI is InChI=1S/C13H12N4O/c1-9-14-7-5-10(16-9)11-3-4-13(18-2)12-6-8-15-17(11)12/h3-8H,1-2H3. The van der Waals surface area contributed by atoms with Crippen molar-refractivity contribution in [1.29, 1.82) is 0 Å². The summed E-state index contributed by atoms with van der Waals surface area (Å²) in [6.07, 6.45) is 3.49. The summed E-state index contributed by atoms with van der Waals surface area (Å²) in [6.45, 7) is 1.87. The zero-order valence-electron chi connectivity index (χ0n) is 10.2. The first-order valence-corrected chi connectivity index (χ1v) is 5.60. The van der Waals surface area contributed by atoms with Gasteiger partial charge in [0.25, 0.3) is 0 Å². The molecule has 0 unspecified atom stereocenters. The summed E-state index contributed by atoms with van der Waals surface area (Å²) < 4.78 is 7.13. The van der Waals surface area contributed by atoms with Crippen LogP contribution in [-0.2, 0) is 0 Å². The van der Waals surface area contributed by atoms with Crippen LogP contribution in [-0.4, -0.2) is 26.7 Å². The lowest BCUT2D eigenvalue weighted by atomic mass is 10.2. The third-order valence-corrected chi connectivity index (χ3v) is 2.77. The summed E-state index contributed by atoms with van der Waals surface area (Å²) in [5, 5.41) is 4.31. The van der Waals surface area contributed by atoms with E-state index in [-0.39, 0.29) is 0 Å². The lowest BCUT2D eigenvalue weighted by Gasteiger charge is -2.08. The summed E-state index contributed by atoms with van der Waals surface area (Å²) in [4.78, 5) is 8.52. The predicted octanol–water partition coefficient (Wildman–Crippen LogP) is 2.11. The van der Waals surface area contributed by atoms with Gasteiger partial charge in [0, 0.05) is 6.20 Å². The fourth-order valence-corrected chi connectivity index (χ4v) is 1.96. The molecule has 0 bridgehead atoms. The molecule has 5 heteroatoms. The first kappa shape index (κ1) is 10.7. The summed E-state index contributed by atoms with van der Waals surface area (Å²) in [5.74, 6) is 1.53. The number of aryl methyl sites for hydroxylation is 1. The van der Waals surface area contributed by atoms with Crippen LogP contribution in [0.2, 0.25) is 0 Å². The van der Waals surface area contributed by atoms with Gasteiger partial charge in [-0.05, 0) is 31.2 Å². The van der Waals surface area contributed by atoms with E-state index in [1.165, 1.54) is 0 Å². The molecular formula is C13H12N4O. The Morgan fingerprint density at radius 1 is 1.11 bits per heavy atom. The van der Waals surface area contributed by atoms with Crippen LogP contribution >= 0.6 is 0 Å². The molecule has 0 spiro atoms. The zero-order chi connectivity index (χ0) is 12.5. The van der Waals surface area contributed by atoms with Crippen LogP contribution in [0.5, 0.6) is 5.75 Å². The van der Waals surface area contributed by atoms with Gasteiger partial charge in [0.1, 0.15) is 17.1 Å². The molecule has 0 atom stereocenters. The van der Waals surface area contributed by atoms with Crippen molar-refractivity contribution in [2.75, 3.05) is 7.11 Å². The third-order valence-electron chi connectivity index (χ3n) is 2.77. The zero-order valence-corrected chi connectivity index (χ0v) is 10.2. The number of nitrogens with zero attached hydrogens (tertiary/aromatic N) is 4. The van der Waals surface area contributed by atoms with Gasteiger partial charge >= 0.3 is 0 Å². The van der Waals surface area contributed by atoms with E-state index in [0.717, 1.165) is 28.5 Å². The van der Waals surface area contributed by atoms with Crippen LogP contribution in [0.1, 0.15) is 5.82 Å². The van der Waals surface area contributed by atoms with Gasteiger partial charge in [0.15, 0.2) is 0 Å². The second kappa shape index (κ2) is 4.10. The van der Waals surface area contributed by atoms with Gasteiger partial charge in [-0.3, -0.25) is 0 Å². The van der Waals surface area contributed by atoms with Crippen molar-refractivity contribution < 1.29 is 4.74 Å². The van der Waals surface area contributed by atoms with Crippen LogP contribution in [0.25, 0.3) is 16.9 Å². The first-order chi connectivity index (χ1) is 8.79. The molecule has 90 valence electrons. The van der Waals surface area contributed by atoms with Crippen molar-refractivity contribution in [3.8, 4) is 17.1 Å². The van der Waals surface area contributed by atoms with E-state index in [9.17, 15) is 0 Å². The Bertz CT molecular complexity index is 705. The monoisotopic (exact) mass is 240 g/mol. The van der Waals surface area contributed by atoms with Gasteiger partial charge < -0.3 is 4.74 Å². The highest BCUT2D eigenvalue weighted by atomic mass is 16.5. The van der Waals surface area contributed by atoms with Crippen molar-refractivity contribution in [3.63, 3.8) is 0 Å². The minimum absolute atomic E-state index is 0.739. The molecule has 3 rings (SSSR count). The van der Waals surface area contributed by atoms with Gasteiger partial charge in [-0.2, -0.15) is 5.10 Å². The number of aromatic nitrogens is 4. The summed E-state index contributed by atoms with van der Waals surface area (Å²) in [5.41, 5.74) is 2.69. The van der Waals surface area contributed by atoms with Crippen LogP contribution < -0.4 is 4.74 Å². The fourth-order valence-electron chi connectivity index (χ4n) is 1.96. The number of ether oxygens (including phenoxy) is 1. The Kier molecular flexibility index (Phi) is 2.44. The Hall–Kier alpha value is -2.43. The Morgan fingerprint density at radius 2 is 2.00 bits per heavy atom. The fraction of sp³-hybridized carbons (Fsp3) is 0.154. The summed E-state index contributed by atoms with van der Waals surface area (Å²) in [6, 6.07) is 7.65. The lowest BCUT2D eigenvalue weighted by Crippen LogP contribution is -1.99. The van der Waals surface area contributed by atoms with E-state index in [1.54, 1.807) is 19.5 Å². The SMILES string of the molecule is COc1ccc(-c2ccnc(C)n2)n2nccc12. The molecule has 0 aromatic carbocycles. The van der Waals surface area contributed by atoms with Gasteiger partial charge in [-0.15, -0.1) is 0 Å². The predicted molar refractivity (Wildman–Crippen MR) is 67.5 cm³/mol. The molecule has 0 saturated heterocycles. The van der Waals surface area contributed by atoms with Crippen molar-refractivity contribution >= 4 is 5.52 Å². The van der Waals surface area contributed by atoms with Crippen molar-refractivity contribution in [3.05, 3.63) is 42.5 Å². The first-order valence-electron chi connectivity index (χ1n) is 5.60. The summed E-state index contributed by atoms with van der Waals surface area (Å²) in [7, 11) is 1.65. The molecular weight excluding hydrogens is 228 g/mol. The van der Waals surface area contributed by atoms with E-state index >= 15 is 0 Å². The van der Waals surface area contributed by atoms with Crippen LogP contribution in [0, 0.1) is 6.92 Å². The largest absolute Gasteiger partial charge is 0.494 e. The maximum Gasteiger partial charge on any atom is 0.144 e. The summed E-state index contributed by atoms with van der Waals surface area (Å²) >= 11 is 0. The van der Waals surface area contributed by atoms with Crippen molar-refractivity contribution in [2.45, 2.75) is 6.92 Å². The maximum atomic E-state index is 5.31. The Balaban J connectivity index is 2.27. The second-order valence-electron chi connectivity index (χ2n) is 3.90. The average Bonchev–Trinajstić information content (AvgIpc) is 2.86. The lowest BCUT2D eigenvalue weighted by molar-refractivity contribution is 0.417. The second-order valence-corrected chi connectivity index (χ2v) is 3.90. The van der Waals surface area contributed by atoms with E-state index in [1.807, 2.05) is 35.7 Å². The highest BCUT2D eigenvalue weighted by molar-refractivity contribution is 5.67. The topological polar surface area (TPSA) is 52.3 Å². The van der Waals surface area contributed by atoms with Crippen LogP contribution in [0.4, 0.5) is 0 Å². The Morgan fingerprint density at radius 3 is 2.78 bits per heavy atom. The third kappa shape index (κ3) is 1.60. The van der Waals surface area contributed by atoms with E-state index in [0.29, 0.717) is 0 Å². The van der Waals surface area contributed by atoms with E-state index < -0.39 is 0 Å². The van der Waals surface area contributed by atoms with Gasteiger partial charge in [-0.1, -0.05) is 0 Å². The van der Waals surface area contributed by atoms with E-state index in [2.05, 4.69) is 15.1 Å². The quantitative estimate of drug-likeness (QED) is 0.688. The number of pyridine rings is 1. The van der Waals surface area contributed by atoms with Gasteiger partial charge in [0.2, 0.25) is 0 Å². The van der Waals surface area contributed by atoms with E-state index in [4.69, 9.17) is 4.74 Å². The smallest absolute Gasteiger partial charge is 0.144 e. The van der Waals surface area contributed by atoms with Crippen molar-refractivity contribution in [2.24, 2.45) is 0 Å². The molecule has 0 aliphatic rings. The number of hydrogen-bond acceptors (Lipinski definition) is 4.